The van der Waals surface area contributed by atoms with Crippen LogP contribution in [0.15, 0.2) is 18.2 Å². The highest BCUT2D eigenvalue weighted by molar-refractivity contribution is 6.31. The number of carbonyl (C=O) groups is 1. The van der Waals surface area contributed by atoms with Crippen molar-refractivity contribution in [1.29, 1.82) is 0 Å². The summed E-state index contributed by atoms with van der Waals surface area (Å²) in [5.74, 6) is -0.0995. The summed E-state index contributed by atoms with van der Waals surface area (Å²) in [7, 11) is 0. The Kier molecular flexibility index (Phi) is 6.07. The molecule has 3 rings (SSSR count). The molecule has 2 aliphatic rings. The lowest BCUT2D eigenvalue weighted by molar-refractivity contribution is 0.0669. The molecule has 2 heterocycles. The van der Waals surface area contributed by atoms with Gasteiger partial charge < -0.3 is 10.2 Å². The molecule has 1 N–H and O–H groups in total. The van der Waals surface area contributed by atoms with Crippen LogP contribution >= 0.6 is 24.0 Å². The van der Waals surface area contributed by atoms with Gasteiger partial charge in [0, 0.05) is 24.2 Å². The zero-order valence-electron chi connectivity index (χ0n) is 12.4. The van der Waals surface area contributed by atoms with Crippen LogP contribution in [0.2, 0.25) is 5.02 Å². The average Bonchev–Trinajstić information content (AvgIpc) is 3.03. The zero-order valence-corrected chi connectivity index (χ0v) is 13.9. The van der Waals surface area contributed by atoms with E-state index in [1.165, 1.54) is 31.0 Å². The van der Waals surface area contributed by atoms with Crippen molar-refractivity contribution in [3.8, 4) is 0 Å². The topological polar surface area (TPSA) is 32.3 Å². The Bertz CT molecular complexity index is 527. The van der Waals surface area contributed by atoms with Crippen molar-refractivity contribution in [3.63, 3.8) is 0 Å². The molecular formula is C16H21Cl2FN2O. The lowest BCUT2D eigenvalue weighted by Crippen LogP contribution is -2.43. The van der Waals surface area contributed by atoms with E-state index in [4.69, 9.17) is 11.6 Å². The van der Waals surface area contributed by atoms with Gasteiger partial charge in [-0.1, -0.05) is 11.6 Å². The minimum absolute atomic E-state index is 0. The summed E-state index contributed by atoms with van der Waals surface area (Å²) < 4.78 is 13.8. The van der Waals surface area contributed by atoms with E-state index in [9.17, 15) is 9.18 Å². The molecule has 22 heavy (non-hydrogen) atoms. The van der Waals surface area contributed by atoms with Crippen molar-refractivity contribution < 1.29 is 9.18 Å². The number of hydrogen-bond donors (Lipinski definition) is 1. The summed E-state index contributed by atoms with van der Waals surface area (Å²) in [6, 6.07) is 4.74. The molecule has 1 amide bonds. The van der Waals surface area contributed by atoms with Crippen molar-refractivity contribution in [3.05, 3.63) is 34.6 Å². The van der Waals surface area contributed by atoms with E-state index in [0.29, 0.717) is 30.1 Å². The van der Waals surface area contributed by atoms with Gasteiger partial charge in [0.15, 0.2) is 0 Å². The quantitative estimate of drug-likeness (QED) is 0.888. The van der Waals surface area contributed by atoms with Gasteiger partial charge >= 0.3 is 0 Å². The molecule has 0 aromatic heterocycles. The molecule has 6 heteroatoms. The van der Waals surface area contributed by atoms with Gasteiger partial charge in [0.2, 0.25) is 0 Å². The molecule has 1 aromatic carbocycles. The van der Waals surface area contributed by atoms with E-state index >= 15 is 0 Å². The number of benzene rings is 1. The van der Waals surface area contributed by atoms with Gasteiger partial charge in [0.05, 0.1) is 5.56 Å². The summed E-state index contributed by atoms with van der Waals surface area (Å²) in [4.78, 5) is 14.2. The third kappa shape index (κ3) is 3.73. The maximum atomic E-state index is 13.8. The number of nitrogens with one attached hydrogen (secondary N) is 1. The Balaban J connectivity index is 0.00000176. The van der Waals surface area contributed by atoms with Crippen LogP contribution in [0.1, 0.15) is 36.0 Å². The van der Waals surface area contributed by atoms with E-state index < -0.39 is 5.82 Å². The van der Waals surface area contributed by atoms with Crippen molar-refractivity contribution in [2.45, 2.75) is 31.7 Å². The fourth-order valence-electron chi connectivity index (χ4n) is 3.45. The average molecular weight is 347 g/mol. The number of rotatable bonds is 2. The fourth-order valence-corrected chi connectivity index (χ4v) is 3.62. The van der Waals surface area contributed by atoms with Crippen molar-refractivity contribution in [1.82, 2.24) is 10.2 Å². The van der Waals surface area contributed by atoms with E-state index in [1.54, 1.807) is 4.90 Å². The van der Waals surface area contributed by atoms with Crippen molar-refractivity contribution in [2.24, 2.45) is 5.92 Å². The first kappa shape index (κ1) is 17.5. The Labute approximate surface area is 141 Å². The van der Waals surface area contributed by atoms with Gasteiger partial charge in [-0.2, -0.15) is 0 Å². The van der Waals surface area contributed by atoms with Crippen LogP contribution in [0.5, 0.6) is 0 Å². The van der Waals surface area contributed by atoms with Gasteiger partial charge in [-0.3, -0.25) is 4.79 Å². The van der Waals surface area contributed by atoms with E-state index in [-0.39, 0.29) is 23.9 Å². The Morgan fingerprint density at radius 1 is 1.27 bits per heavy atom. The van der Waals surface area contributed by atoms with Gasteiger partial charge in [-0.05, 0) is 56.3 Å². The summed E-state index contributed by atoms with van der Waals surface area (Å²) in [5.41, 5.74) is 0.0833. The molecule has 0 bridgehead atoms. The minimum Gasteiger partial charge on any atom is -0.339 e. The number of halogens is 3. The number of likely N-dealkylation sites (tertiary alicyclic amines) is 1. The molecule has 2 aliphatic heterocycles. The van der Waals surface area contributed by atoms with Gasteiger partial charge in [0.1, 0.15) is 5.82 Å². The highest BCUT2D eigenvalue weighted by atomic mass is 35.5. The molecule has 1 unspecified atom stereocenters. The number of nitrogens with zero attached hydrogens (tertiary/aromatic N) is 1. The second-order valence-electron chi connectivity index (χ2n) is 5.96. The van der Waals surface area contributed by atoms with Gasteiger partial charge in [-0.15, -0.1) is 12.4 Å². The summed E-state index contributed by atoms with van der Waals surface area (Å²) >= 11 is 5.86. The number of amides is 1. The van der Waals surface area contributed by atoms with Crippen LogP contribution in [0, 0.1) is 11.7 Å². The minimum atomic E-state index is -0.496. The lowest BCUT2D eigenvalue weighted by atomic mass is 9.88. The second-order valence-corrected chi connectivity index (χ2v) is 6.39. The number of piperidine rings is 1. The molecule has 0 spiro atoms. The molecular weight excluding hydrogens is 326 g/mol. The Morgan fingerprint density at radius 3 is 2.64 bits per heavy atom. The molecule has 122 valence electrons. The Morgan fingerprint density at radius 2 is 2.00 bits per heavy atom. The van der Waals surface area contributed by atoms with Gasteiger partial charge in [-0.25, -0.2) is 4.39 Å². The smallest absolute Gasteiger partial charge is 0.256 e. The SMILES string of the molecule is Cl.O=C(c1cc(Cl)ccc1F)N1CCC(C2CCCN2)CC1. The van der Waals surface area contributed by atoms with E-state index in [2.05, 4.69) is 5.32 Å². The first-order chi connectivity index (χ1) is 10.1. The molecule has 1 aromatic rings. The summed E-state index contributed by atoms with van der Waals surface area (Å²) in [6.45, 7) is 2.51. The van der Waals surface area contributed by atoms with Crippen LogP contribution in [-0.2, 0) is 0 Å². The normalized spacial score (nSPS) is 22.5. The number of carbonyl (C=O) groups excluding carboxylic acids is 1. The first-order valence-corrected chi connectivity index (χ1v) is 8.00. The summed E-state index contributed by atoms with van der Waals surface area (Å²) in [6.07, 6.45) is 4.47. The molecule has 0 saturated carbocycles. The monoisotopic (exact) mass is 346 g/mol. The summed E-state index contributed by atoms with van der Waals surface area (Å²) in [5, 5.41) is 3.93. The lowest BCUT2D eigenvalue weighted by Gasteiger charge is -2.35. The molecule has 2 fully saturated rings. The third-order valence-corrected chi connectivity index (χ3v) is 4.89. The third-order valence-electron chi connectivity index (χ3n) is 4.65. The predicted molar refractivity (Wildman–Crippen MR) is 88.3 cm³/mol. The molecule has 1 atom stereocenters. The van der Waals surface area contributed by atoms with Crippen LogP contribution < -0.4 is 5.32 Å². The zero-order chi connectivity index (χ0) is 14.8. The van der Waals surface area contributed by atoms with Gasteiger partial charge in [0.25, 0.3) is 5.91 Å². The van der Waals surface area contributed by atoms with E-state index in [1.807, 2.05) is 0 Å². The number of hydrogen-bond acceptors (Lipinski definition) is 2. The van der Waals surface area contributed by atoms with Crippen molar-refractivity contribution >= 4 is 29.9 Å². The van der Waals surface area contributed by atoms with Crippen molar-refractivity contribution in [2.75, 3.05) is 19.6 Å². The van der Waals surface area contributed by atoms with Crippen LogP contribution in [0.4, 0.5) is 4.39 Å². The fraction of sp³-hybridized carbons (Fsp3) is 0.562. The second kappa shape index (κ2) is 7.62. The molecule has 3 nitrogen and oxygen atoms in total. The standard InChI is InChI=1S/C16H20ClFN2O.ClH/c17-12-3-4-14(18)13(10-12)16(21)20-8-5-11(6-9-20)15-2-1-7-19-15;/h3-4,10-11,15,19H,1-2,5-9H2;1H. The molecule has 0 aliphatic carbocycles. The predicted octanol–water partition coefficient (Wildman–Crippen LogP) is 3.51. The van der Waals surface area contributed by atoms with E-state index in [0.717, 1.165) is 19.4 Å². The largest absolute Gasteiger partial charge is 0.339 e. The first-order valence-electron chi connectivity index (χ1n) is 7.63. The maximum absolute atomic E-state index is 13.8. The Hall–Kier alpha value is -0.840. The highest BCUT2D eigenvalue weighted by Crippen LogP contribution is 2.27. The van der Waals surface area contributed by atoms with Crippen LogP contribution in [0.25, 0.3) is 0 Å². The van der Waals surface area contributed by atoms with Crippen LogP contribution in [-0.4, -0.2) is 36.5 Å². The maximum Gasteiger partial charge on any atom is 0.256 e. The van der Waals surface area contributed by atoms with Crippen LogP contribution in [0.3, 0.4) is 0 Å². The highest BCUT2D eigenvalue weighted by Gasteiger charge is 2.30. The molecule has 0 radical (unpaired) electrons. The molecule has 2 saturated heterocycles.